The fraction of sp³-hybridized carbons (Fsp3) is 0.444. The standard InChI is InChI=1S/C18H24ClN3O/c1-5-14-17(18(23)20-11-12(3)4)15(6-2)22(21-14)16-10-8-7-9-13(16)19/h7-10,12H,5-6,11H2,1-4H3,(H,20,23). The molecule has 0 spiro atoms. The average molecular weight is 334 g/mol. The molecule has 1 aromatic heterocycles. The first-order valence-electron chi connectivity index (χ1n) is 8.13. The Morgan fingerprint density at radius 3 is 2.52 bits per heavy atom. The maximum absolute atomic E-state index is 12.6. The molecule has 5 heteroatoms. The second kappa shape index (κ2) is 7.64. The van der Waals surface area contributed by atoms with E-state index in [-0.39, 0.29) is 5.91 Å². The number of halogens is 1. The fourth-order valence-corrected chi connectivity index (χ4v) is 2.76. The zero-order valence-corrected chi connectivity index (χ0v) is 14.9. The molecule has 0 aliphatic heterocycles. The number of rotatable bonds is 6. The maximum Gasteiger partial charge on any atom is 0.255 e. The van der Waals surface area contributed by atoms with Gasteiger partial charge in [0.1, 0.15) is 0 Å². The molecular weight excluding hydrogens is 310 g/mol. The molecule has 1 heterocycles. The molecule has 23 heavy (non-hydrogen) atoms. The summed E-state index contributed by atoms with van der Waals surface area (Å²) in [5.74, 6) is 0.360. The smallest absolute Gasteiger partial charge is 0.255 e. The van der Waals surface area contributed by atoms with Crippen LogP contribution in [0.3, 0.4) is 0 Å². The van der Waals surface area contributed by atoms with Crippen molar-refractivity contribution in [1.29, 1.82) is 0 Å². The summed E-state index contributed by atoms with van der Waals surface area (Å²) in [5, 5.41) is 8.28. The molecule has 1 N–H and O–H groups in total. The van der Waals surface area contributed by atoms with Crippen molar-refractivity contribution in [2.45, 2.75) is 40.5 Å². The molecule has 0 atom stereocenters. The van der Waals surface area contributed by atoms with E-state index >= 15 is 0 Å². The van der Waals surface area contributed by atoms with Gasteiger partial charge in [-0.2, -0.15) is 5.10 Å². The van der Waals surface area contributed by atoms with E-state index in [9.17, 15) is 4.79 Å². The van der Waals surface area contributed by atoms with Crippen molar-refractivity contribution < 1.29 is 4.79 Å². The number of aromatic nitrogens is 2. The highest BCUT2D eigenvalue weighted by Crippen LogP contribution is 2.25. The number of aryl methyl sites for hydroxylation is 1. The minimum atomic E-state index is -0.0503. The van der Waals surface area contributed by atoms with Gasteiger partial charge in [-0.05, 0) is 30.9 Å². The van der Waals surface area contributed by atoms with Crippen LogP contribution in [-0.2, 0) is 12.8 Å². The Labute approximate surface area is 142 Å². The molecule has 2 rings (SSSR count). The molecule has 0 bridgehead atoms. The first kappa shape index (κ1) is 17.5. The van der Waals surface area contributed by atoms with Crippen molar-refractivity contribution in [3.63, 3.8) is 0 Å². The van der Waals surface area contributed by atoms with Crippen molar-refractivity contribution in [3.8, 4) is 5.69 Å². The van der Waals surface area contributed by atoms with Crippen LogP contribution in [0, 0.1) is 5.92 Å². The van der Waals surface area contributed by atoms with Crippen LogP contribution in [0.15, 0.2) is 24.3 Å². The number of nitrogens with zero attached hydrogens (tertiary/aromatic N) is 2. The van der Waals surface area contributed by atoms with Gasteiger partial charge in [-0.3, -0.25) is 4.79 Å². The zero-order valence-electron chi connectivity index (χ0n) is 14.2. The van der Waals surface area contributed by atoms with Gasteiger partial charge in [0.15, 0.2) is 0 Å². The molecule has 124 valence electrons. The summed E-state index contributed by atoms with van der Waals surface area (Å²) in [6.07, 6.45) is 1.41. The van der Waals surface area contributed by atoms with Gasteiger partial charge in [-0.1, -0.05) is 51.4 Å². The van der Waals surface area contributed by atoms with E-state index in [1.807, 2.05) is 42.8 Å². The minimum absolute atomic E-state index is 0.0503. The van der Waals surface area contributed by atoms with Crippen LogP contribution < -0.4 is 5.32 Å². The third-order valence-corrected chi connectivity index (χ3v) is 4.02. The van der Waals surface area contributed by atoms with Crippen LogP contribution in [0.1, 0.15) is 49.4 Å². The van der Waals surface area contributed by atoms with Crippen molar-refractivity contribution in [2.75, 3.05) is 6.54 Å². The van der Waals surface area contributed by atoms with Crippen LogP contribution in [0.4, 0.5) is 0 Å². The largest absolute Gasteiger partial charge is 0.352 e. The van der Waals surface area contributed by atoms with Gasteiger partial charge in [0.05, 0.1) is 27.7 Å². The lowest BCUT2D eigenvalue weighted by molar-refractivity contribution is 0.0947. The summed E-state index contributed by atoms with van der Waals surface area (Å²) in [6.45, 7) is 8.85. The number of nitrogens with one attached hydrogen (secondary N) is 1. The quantitative estimate of drug-likeness (QED) is 0.867. The zero-order chi connectivity index (χ0) is 17.0. The summed E-state index contributed by atoms with van der Waals surface area (Å²) in [7, 11) is 0. The summed E-state index contributed by atoms with van der Waals surface area (Å²) < 4.78 is 1.81. The van der Waals surface area contributed by atoms with Crippen LogP contribution >= 0.6 is 11.6 Å². The summed E-state index contributed by atoms with van der Waals surface area (Å²) in [6, 6.07) is 7.57. The van der Waals surface area contributed by atoms with E-state index < -0.39 is 0 Å². The second-order valence-corrected chi connectivity index (χ2v) is 6.35. The highest BCUT2D eigenvalue weighted by molar-refractivity contribution is 6.32. The van der Waals surface area contributed by atoms with E-state index in [1.165, 1.54) is 0 Å². The number of para-hydroxylation sites is 1. The first-order valence-corrected chi connectivity index (χ1v) is 8.51. The minimum Gasteiger partial charge on any atom is -0.352 e. The van der Waals surface area contributed by atoms with E-state index in [0.29, 0.717) is 35.9 Å². The normalized spacial score (nSPS) is 11.0. The van der Waals surface area contributed by atoms with E-state index in [0.717, 1.165) is 17.1 Å². The second-order valence-electron chi connectivity index (χ2n) is 5.94. The lowest BCUT2D eigenvalue weighted by Crippen LogP contribution is -2.28. The number of amides is 1. The van der Waals surface area contributed by atoms with Gasteiger partial charge >= 0.3 is 0 Å². The summed E-state index contributed by atoms with van der Waals surface area (Å²) in [5.41, 5.74) is 3.21. The van der Waals surface area contributed by atoms with Gasteiger partial charge in [0.25, 0.3) is 5.91 Å². The highest BCUT2D eigenvalue weighted by atomic mass is 35.5. The SMILES string of the molecule is CCc1nn(-c2ccccc2Cl)c(CC)c1C(=O)NCC(C)C. The number of hydrogen-bond donors (Lipinski definition) is 1. The molecule has 1 amide bonds. The predicted octanol–water partition coefficient (Wildman–Crippen LogP) is 4.04. The van der Waals surface area contributed by atoms with Crippen molar-refractivity contribution in [2.24, 2.45) is 5.92 Å². The Kier molecular flexibility index (Phi) is 5.83. The molecule has 0 fully saturated rings. The molecular formula is C18H24ClN3O. The van der Waals surface area contributed by atoms with Gasteiger partial charge in [0.2, 0.25) is 0 Å². The molecule has 0 aliphatic carbocycles. The first-order chi connectivity index (χ1) is 11.0. The van der Waals surface area contributed by atoms with E-state index in [1.54, 1.807) is 0 Å². The van der Waals surface area contributed by atoms with E-state index in [2.05, 4.69) is 24.3 Å². The Morgan fingerprint density at radius 2 is 1.96 bits per heavy atom. The fourth-order valence-electron chi connectivity index (χ4n) is 2.55. The van der Waals surface area contributed by atoms with Gasteiger partial charge < -0.3 is 5.32 Å². The molecule has 2 aromatic rings. The number of carbonyl (C=O) groups excluding carboxylic acids is 1. The average Bonchev–Trinajstić information content (AvgIpc) is 2.91. The van der Waals surface area contributed by atoms with Gasteiger partial charge in [-0.15, -0.1) is 0 Å². The van der Waals surface area contributed by atoms with Crippen molar-refractivity contribution >= 4 is 17.5 Å². The molecule has 0 saturated heterocycles. The van der Waals surface area contributed by atoms with Crippen LogP contribution in [0.2, 0.25) is 5.02 Å². The Balaban J connectivity index is 2.51. The maximum atomic E-state index is 12.6. The summed E-state index contributed by atoms with van der Waals surface area (Å²) >= 11 is 6.31. The Bertz CT molecular complexity index is 692. The summed E-state index contributed by atoms with van der Waals surface area (Å²) in [4.78, 5) is 12.6. The van der Waals surface area contributed by atoms with Crippen molar-refractivity contribution in [1.82, 2.24) is 15.1 Å². The lowest BCUT2D eigenvalue weighted by atomic mass is 10.1. The number of carbonyl (C=O) groups is 1. The van der Waals surface area contributed by atoms with Gasteiger partial charge in [0, 0.05) is 6.54 Å². The van der Waals surface area contributed by atoms with Crippen LogP contribution in [-0.4, -0.2) is 22.2 Å². The molecule has 0 unspecified atom stereocenters. The molecule has 4 nitrogen and oxygen atoms in total. The molecule has 0 radical (unpaired) electrons. The Morgan fingerprint density at radius 1 is 1.26 bits per heavy atom. The van der Waals surface area contributed by atoms with Crippen LogP contribution in [0.5, 0.6) is 0 Å². The lowest BCUT2D eigenvalue weighted by Gasteiger charge is -2.11. The molecule has 0 aliphatic rings. The number of hydrogen-bond acceptors (Lipinski definition) is 2. The van der Waals surface area contributed by atoms with Crippen LogP contribution in [0.25, 0.3) is 5.69 Å². The van der Waals surface area contributed by atoms with Crippen molar-refractivity contribution in [3.05, 3.63) is 46.2 Å². The monoisotopic (exact) mass is 333 g/mol. The third kappa shape index (κ3) is 3.75. The van der Waals surface area contributed by atoms with E-state index in [4.69, 9.17) is 11.6 Å². The Hall–Kier alpha value is -1.81. The van der Waals surface area contributed by atoms with Gasteiger partial charge in [-0.25, -0.2) is 4.68 Å². The predicted molar refractivity (Wildman–Crippen MR) is 94.5 cm³/mol. The highest BCUT2D eigenvalue weighted by Gasteiger charge is 2.23. The number of benzene rings is 1. The third-order valence-electron chi connectivity index (χ3n) is 3.70. The molecule has 1 aromatic carbocycles. The molecule has 0 saturated carbocycles. The topological polar surface area (TPSA) is 46.9 Å².